The van der Waals surface area contributed by atoms with Gasteiger partial charge in [-0.15, -0.1) is 0 Å². The number of carbonyl (C=O) groups excluding carboxylic acids is 1. The van der Waals surface area contributed by atoms with Crippen molar-refractivity contribution < 1.29 is 14.6 Å². The molecule has 0 saturated carbocycles. The third kappa shape index (κ3) is 3.42. The number of aryl methyl sites for hydroxylation is 1. The standard InChI is InChI=1S/C19H28N2O3/c1-14-9-16(18(23)21-8-4-3-5-15(21)2)6-7-17(14)20-10-19(11-22)12-24-13-19/h6-7,9,15,20,22H,3-5,8,10-13H2,1-2H3. The Labute approximate surface area is 144 Å². The van der Waals surface area contributed by atoms with Gasteiger partial charge in [0.25, 0.3) is 5.91 Å². The lowest BCUT2D eigenvalue weighted by Gasteiger charge is -2.40. The summed E-state index contributed by atoms with van der Waals surface area (Å²) in [5.41, 5.74) is 2.66. The van der Waals surface area contributed by atoms with Crippen molar-refractivity contribution in [3.05, 3.63) is 29.3 Å². The van der Waals surface area contributed by atoms with Crippen molar-refractivity contribution in [2.75, 3.05) is 38.2 Å². The van der Waals surface area contributed by atoms with Gasteiger partial charge >= 0.3 is 0 Å². The van der Waals surface area contributed by atoms with Crippen LogP contribution in [0.5, 0.6) is 0 Å². The van der Waals surface area contributed by atoms with Crippen molar-refractivity contribution in [1.29, 1.82) is 0 Å². The highest BCUT2D eigenvalue weighted by Gasteiger charge is 2.37. The molecule has 2 N–H and O–H groups in total. The summed E-state index contributed by atoms with van der Waals surface area (Å²) in [7, 11) is 0. The Morgan fingerprint density at radius 2 is 2.21 bits per heavy atom. The summed E-state index contributed by atoms with van der Waals surface area (Å²) in [6, 6.07) is 6.17. The number of nitrogens with one attached hydrogen (secondary N) is 1. The van der Waals surface area contributed by atoms with Crippen LogP contribution < -0.4 is 5.32 Å². The average Bonchev–Trinajstić information content (AvgIpc) is 2.55. The molecule has 5 nitrogen and oxygen atoms in total. The van der Waals surface area contributed by atoms with Gasteiger partial charge in [-0.05, 0) is 56.9 Å². The van der Waals surface area contributed by atoms with Gasteiger partial charge in [0.1, 0.15) is 0 Å². The number of piperidine rings is 1. The van der Waals surface area contributed by atoms with Gasteiger partial charge in [-0.3, -0.25) is 4.79 Å². The summed E-state index contributed by atoms with van der Waals surface area (Å²) in [4.78, 5) is 14.7. The second-order valence-corrected chi connectivity index (χ2v) is 7.38. The minimum atomic E-state index is -0.163. The molecule has 24 heavy (non-hydrogen) atoms. The Morgan fingerprint density at radius 3 is 2.79 bits per heavy atom. The van der Waals surface area contributed by atoms with Crippen molar-refractivity contribution in [2.45, 2.75) is 39.2 Å². The molecule has 0 aromatic heterocycles. The van der Waals surface area contributed by atoms with E-state index in [-0.39, 0.29) is 17.9 Å². The number of nitrogens with zero attached hydrogens (tertiary/aromatic N) is 1. The molecule has 2 aliphatic rings. The minimum absolute atomic E-state index is 0.127. The van der Waals surface area contributed by atoms with Gasteiger partial charge in [-0.1, -0.05) is 0 Å². The summed E-state index contributed by atoms with van der Waals surface area (Å²) in [6.45, 7) is 7.01. The Hall–Kier alpha value is -1.59. The van der Waals surface area contributed by atoms with Crippen LogP contribution in [-0.2, 0) is 4.74 Å². The highest BCUT2D eigenvalue weighted by atomic mass is 16.5. The zero-order chi connectivity index (χ0) is 17.2. The molecule has 0 aliphatic carbocycles. The molecule has 1 unspecified atom stereocenters. The van der Waals surface area contributed by atoms with Crippen LogP contribution in [0.3, 0.4) is 0 Å². The third-order valence-electron chi connectivity index (χ3n) is 5.34. The van der Waals surface area contributed by atoms with Gasteiger partial charge in [0, 0.05) is 30.4 Å². The average molecular weight is 332 g/mol. The highest BCUT2D eigenvalue weighted by molar-refractivity contribution is 5.95. The van der Waals surface area contributed by atoms with E-state index in [0.717, 1.165) is 36.2 Å². The molecule has 1 aromatic carbocycles. The van der Waals surface area contributed by atoms with Crippen LogP contribution in [0.15, 0.2) is 18.2 Å². The maximum atomic E-state index is 12.7. The zero-order valence-electron chi connectivity index (χ0n) is 14.7. The monoisotopic (exact) mass is 332 g/mol. The fourth-order valence-electron chi connectivity index (χ4n) is 3.48. The molecule has 1 aromatic rings. The van der Waals surface area contributed by atoms with E-state index >= 15 is 0 Å². The number of benzene rings is 1. The zero-order valence-corrected chi connectivity index (χ0v) is 14.7. The van der Waals surface area contributed by atoms with Gasteiger partial charge < -0.3 is 20.1 Å². The number of likely N-dealkylation sites (tertiary alicyclic amines) is 1. The number of aliphatic hydroxyl groups is 1. The highest BCUT2D eigenvalue weighted by Crippen LogP contribution is 2.28. The molecule has 2 heterocycles. The molecule has 3 rings (SSSR count). The maximum Gasteiger partial charge on any atom is 0.254 e. The minimum Gasteiger partial charge on any atom is -0.396 e. The molecule has 132 valence electrons. The topological polar surface area (TPSA) is 61.8 Å². The first-order chi connectivity index (χ1) is 11.5. The molecule has 0 spiro atoms. The van der Waals surface area contributed by atoms with E-state index in [4.69, 9.17) is 4.74 Å². The molecule has 0 bridgehead atoms. The largest absolute Gasteiger partial charge is 0.396 e. The van der Waals surface area contributed by atoms with E-state index in [2.05, 4.69) is 12.2 Å². The number of aliphatic hydroxyl groups excluding tert-OH is 1. The Morgan fingerprint density at radius 1 is 1.42 bits per heavy atom. The Bertz CT molecular complexity index is 593. The van der Waals surface area contributed by atoms with Crippen molar-refractivity contribution in [1.82, 2.24) is 4.90 Å². The fourth-order valence-corrected chi connectivity index (χ4v) is 3.48. The molecule has 2 fully saturated rings. The molecule has 5 heteroatoms. The van der Waals surface area contributed by atoms with Crippen LogP contribution in [0.25, 0.3) is 0 Å². The lowest BCUT2D eigenvalue weighted by molar-refractivity contribution is -0.128. The molecule has 1 atom stereocenters. The number of ether oxygens (including phenoxy) is 1. The quantitative estimate of drug-likeness (QED) is 0.869. The number of amides is 1. The van der Waals surface area contributed by atoms with E-state index in [1.165, 1.54) is 6.42 Å². The molecule has 2 saturated heterocycles. The molecule has 0 radical (unpaired) electrons. The SMILES string of the molecule is Cc1cc(C(=O)N2CCCCC2C)ccc1NCC1(CO)COC1. The second kappa shape index (κ2) is 7.11. The van der Waals surface area contributed by atoms with Gasteiger partial charge in [-0.25, -0.2) is 0 Å². The molecular formula is C19H28N2O3. The van der Waals surface area contributed by atoms with Gasteiger partial charge in [0.05, 0.1) is 25.2 Å². The lowest BCUT2D eigenvalue weighted by atomic mass is 9.87. The Kier molecular flexibility index (Phi) is 5.11. The van der Waals surface area contributed by atoms with E-state index in [1.807, 2.05) is 30.0 Å². The maximum absolute atomic E-state index is 12.7. The smallest absolute Gasteiger partial charge is 0.254 e. The summed E-state index contributed by atoms with van der Waals surface area (Å²) >= 11 is 0. The van der Waals surface area contributed by atoms with Crippen molar-refractivity contribution in [3.63, 3.8) is 0 Å². The van der Waals surface area contributed by atoms with Gasteiger partial charge in [0.2, 0.25) is 0 Å². The van der Waals surface area contributed by atoms with Crippen LogP contribution in [-0.4, -0.2) is 54.9 Å². The summed E-state index contributed by atoms with van der Waals surface area (Å²) in [5.74, 6) is 0.135. The first-order valence-corrected chi connectivity index (χ1v) is 8.89. The van der Waals surface area contributed by atoms with E-state index in [1.54, 1.807) is 0 Å². The summed E-state index contributed by atoms with van der Waals surface area (Å²) in [5, 5.41) is 12.9. The third-order valence-corrected chi connectivity index (χ3v) is 5.34. The van der Waals surface area contributed by atoms with E-state index < -0.39 is 0 Å². The molecule has 1 amide bonds. The predicted molar refractivity (Wildman–Crippen MR) is 94.4 cm³/mol. The van der Waals surface area contributed by atoms with Crippen LogP contribution in [0.4, 0.5) is 5.69 Å². The fraction of sp³-hybridized carbons (Fsp3) is 0.632. The van der Waals surface area contributed by atoms with Gasteiger partial charge in [0.15, 0.2) is 0 Å². The first-order valence-electron chi connectivity index (χ1n) is 8.89. The van der Waals surface area contributed by atoms with Crippen LogP contribution in [0.1, 0.15) is 42.1 Å². The van der Waals surface area contributed by atoms with E-state index in [9.17, 15) is 9.90 Å². The number of hydrogen-bond acceptors (Lipinski definition) is 4. The van der Waals surface area contributed by atoms with Crippen molar-refractivity contribution >= 4 is 11.6 Å². The second-order valence-electron chi connectivity index (χ2n) is 7.38. The number of rotatable bonds is 5. The summed E-state index contributed by atoms with van der Waals surface area (Å²) in [6.07, 6.45) is 3.40. The van der Waals surface area contributed by atoms with Crippen molar-refractivity contribution in [3.8, 4) is 0 Å². The van der Waals surface area contributed by atoms with E-state index in [0.29, 0.717) is 25.8 Å². The van der Waals surface area contributed by atoms with Crippen molar-refractivity contribution in [2.24, 2.45) is 5.41 Å². The summed E-state index contributed by atoms with van der Waals surface area (Å²) < 4.78 is 5.23. The molecule has 2 aliphatic heterocycles. The predicted octanol–water partition coefficient (Wildman–Crippen LogP) is 2.43. The first kappa shape index (κ1) is 17.2. The van der Waals surface area contributed by atoms with Crippen LogP contribution in [0, 0.1) is 12.3 Å². The normalized spacial score (nSPS) is 22.8. The Balaban J connectivity index is 1.66. The van der Waals surface area contributed by atoms with Gasteiger partial charge in [-0.2, -0.15) is 0 Å². The van der Waals surface area contributed by atoms with Crippen LogP contribution in [0.2, 0.25) is 0 Å². The lowest BCUT2D eigenvalue weighted by Crippen LogP contribution is -2.50. The number of anilines is 1. The number of hydrogen-bond donors (Lipinski definition) is 2. The number of carbonyl (C=O) groups is 1. The van der Waals surface area contributed by atoms with Crippen LogP contribution >= 0.6 is 0 Å². The molecular weight excluding hydrogens is 304 g/mol.